The number of nitrogens with one attached hydrogen (secondary N) is 2. The number of hydrogen-bond donors (Lipinski definition) is 2. The smallest absolute Gasteiger partial charge is 0.237 e. The molecule has 1 amide bonds. The van der Waals surface area contributed by atoms with Gasteiger partial charge in [-0.25, -0.2) is 0 Å². The zero-order valence-corrected chi connectivity index (χ0v) is 13.0. The Hall–Kier alpha value is -1.06. The van der Waals surface area contributed by atoms with Crippen molar-refractivity contribution in [3.63, 3.8) is 0 Å². The van der Waals surface area contributed by atoms with Crippen LogP contribution < -0.4 is 10.6 Å². The Bertz CT molecular complexity index is 440. The average Bonchev–Trinajstić information content (AvgIpc) is 2.27. The molecule has 0 aromatic heterocycles. The van der Waals surface area contributed by atoms with Crippen molar-refractivity contribution in [3.8, 4) is 0 Å². The minimum atomic E-state index is -0.273. The first kappa shape index (κ1) is 16.0. The van der Waals surface area contributed by atoms with Gasteiger partial charge in [-0.1, -0.05) is 29.8 Å². The molecule has 0 saturated carbocycles. The van der Waals surface area contributed by atoms with Crippen LogP contribution in [0.3, 0.4) is 0 Å². The lowest BCUT2D eigenvalue weighted by molar-refractivity contribution is -0.124. The summed E-state index contributed by atoms with van der Waals surface area (Å²) in [5.41, 5.74) is 0.778. The number of rotatable bonds is 4. The average molecular weight is 283 g/mol. The summed E-state index contributed by atoms with van der Waals surface area (Å²) in [5.74, 6) is -0.00796. The number of carbonyl (C=O) groups excluding carboxylic acids is 1. The van der Waals surface area contributed by atoms with Crippen LogP contribution in [-0.4, -0.2) is 17.5 Å². The summed E-state index contributed by atoms with van der Waals surface area (Å²) in [4.78, 5) is 12.0. The van der Waals surface area contributed by atoms with E-state index in [-0.39, 0.29) is 23.5 Å². The Labute approximate surface area is 120 Å². The summed E-state index contributed by atoms with van der Waals surface area (Å²) in [7, 11) is 0. The van der Waals surface area contributed by atoms with Gasteiger partial charge in [-0.2, -0.15) is 0 Å². The molecule has 3 nitrogen and oxygen atoms in total. The predicted molar refractivity (Wildman–Crippen MR) is 80.4 cm³/mol. The van der Waals surface area contributed by atoms with E-state index in [1.807, 2.05) is 58.9 Å². The molecule has 4 heteroatoms. The third-order valence-corrected chi connectivity index (χ3v) is 3.11. The number of amides is 1. The minimum Gasteiger partial charge on any atom is -0.350 e. The van der Waals surface area contributed by atoms with Crippen molar-refractivity contribution in [1.82, 2.24) is 10.6 Å². The van der Waals surface area contributed by atoms with Crippen molar-refractivity contribution in [1.29, 1.82) is 0 Å². The van der Waals surface area contributed by atoms with Crippen LogP contribution >= 0.6 is 11.6 Å². The molecule has 0 aliphatic rings. The van der Waals surface area contributed by atoms with Gasteiger partial charge in [0.2, 0.25) is 5.91 Å². The standard InChI is InChI=1S/C15H23ClN2O/c1-10(12-8-6-7-9-13(12)16)17-11(2)14(19)18-15(3,4)5/h6-11,17H,1-5H3,(H,18,19)/t10-,11+/m1/s1. The van der Waals surface area contributed by atoms with Crippen molar-refractivity contribution in [3.05, 3.63) is 34.9 Å². The molecule has 1 rings (SSSR count). The first-order valence-corrected chi connectivity index (χ1v) is 6.91. The molecule has 0 aliphatic carbocycles. The molecule has 0 saturated heterocycles. The van der Waals surface area contributed by atoms with E-state index in [2.05, 4.69) is 10.6 Å². The Morgan fingerprint density at radius 3 is 2.32 bits per heavy atom. The molecular weight excluding hydrogens is 260 g/mol. The Morgan fingerprint density at radius 2 is 1.79 bits per heavy atom. The summed E-state index contributed by atoms with van der Waals surface area (Å²) in [6, 6.07) is 7.41. The van der Waals surface area contributed by atoms with E-state index < -0.39 is 0 Å². The molecule has 0 bridgehead atoms. The van der Waals surface area contributed by atoms with Crippen molar-refractivity contribution in [2.45, 2.75) is 52.2 Å². The zero-order chi connectivity index (χ0) is 14.6. The molecule has 0 fully saturated rings. The van der Waals surface area contributed by atoms with Gasteiger partial charge in [-0.3, -0.25) is 10.1 Å². The summed E-state index contributed by atoms with van der Waals surface area (Å²) >= 11 is 6.15. The molecule has 19 heavy (non-hydrogen) atoms. The van der Waals surface area contributed by atoms with Crippen LogP contribution in [0.15, 0.2) is 24.3 Å². The maximum Gasteiger partial charge on any atom is 0.237 e. The fourth-order valence-electron chi connectivity index (χ4n) is 1.84. The number of hydrogen-bond acceptors (Lipinski definition) is 2. The topological polar surface area (TPSA) is 41.1 Å². The number of carbonyl (C=O) groups is 1. The van der Waals surface area contributed by atoms with Gasteiger partial charge in [0.25, 0.3) is 0 Å². The van der Waals surface area contributed by atoms with Crippen molar-refractivity contribution >= 4 is 17.5 Å². The van der Waals surface area contributed by atoms with Crippen molar-refractivity contribution in [2.24, 2.45) is 0 Å². The maximum atomic E-state index is 12.0. The minimum absolute atomic E-state index is 0.00796. The van der Waals surface area contributed by atoms with E-state index in [1.54, 1.807) is 0 Å². The van der Waals surface area contributed by atoms with Crippen molar-refractivity contribution in [2.75, 3.05) is 0 Å². The zero-order valence-electron chi connectivity index (χ0n) is 12.3. The van der Waals surface area contributed by atoms with Gasteiger partial charge in [0.15, 0.2) is 0 Å². The largest absolute Gasteiger partial charge is 0.350 e. The van der Waals surface area contributed by atoms with E-state index in [1.165, 1.54) is 0 Å². The van der Waals surface area contributed by atoms with Crippen LogP contribution in [0.1, 0.15) is 46.2 Å². The van der Waals surface area contributed by atoms with E-state index in [9.17, 15) is 4.79 Å². The molecule has 0 unspecified atom stereocenters. The summed E-state index contributed by atoms with van der Waals surface area (Å²) in [6.07, 6.45) is 0. The molecule has 0 radical (unpaired) electrons. The van der Waals surface area contributed by atoms with Crippen LogP contribution in [0.4, 0.5) is 0 Å². The van der Waals surface area contributed by atoms with E-state index in [4.69, 9.17) is 11.6 Å². The van der Waals surface area contributed by atoms with Crippen LogP contribution in [-0.2, 0) is 4.79 Å². The van der Waals surface area contributed by atoms with Gasteiger partial charge in [0, 0.05) is 16.6 Å². The second kappa shape index (κ2) is 6.40. The highest BCUT2D eigenvalue weighted by atomic mass is 35.5. The second-order valence-electron chi connectivity index (χ2n) is 5.87. The molecule has 0 heterocycles. The first-order chi connectivity index (χ1) is 8.70. The normalized spacial score (nSPS) is 14.8. The number of halogens is 1. The second-order valence-corrected chi connectivity index (χ2v) is 6.28. The molecule has 0 spiro atoms. The van der Waals surface area contributed by atoms with Crippen LogP contribution in [0.2, 0.25) is 5.02 Å². The van der Waals surface area contributed by atoms with Gasteiger partial charge in [-0.05, 0) is 46.2 Å². The van der Waals surface area contributed by atoms with E-state index in [0.29, 0.717) is 5.02 Å². The highest BCUT2D eigenvalue weighted by Gasteiger charge is 2.21. The first-order valence-electron chi connectivity index (χ1n) is 6.53. The molecule has 1 aromatic carbocycles. The quantitative estimate of drug-likeness (QED) is 0.890. The molecule has 1 aromatic rings. The predicted octanol–water partition coefficient (Wildman–Crippen LogP) is 3.29. The van der Waals surface area contributed by atoms with Crippen LogP contribution in [0, 0.1) is 0 Å². The maximum absolute atomic E-state index is 12.0. The highest BCUT2D eigenvalue weighted by Crippen LogP contribution is 2.22. The van der Waals surface area contributed by atoms with E-state index in [0.717, 1.165) is 5.56 Å². The Kier molecular flexibility index (Phi) is 5.39. The fourth-order valence-corrected chi connectivity index (χ4v) is 2.14. The highest BCUT2D eigenvalue weighted by molar-refractivity contribution is 6.31. The summed E-state index contributed by atoms with van der Waals surface area (Å²) in [6.45, 7) is 9.76. The van der Waals surface area contributed by atoms with Gasteiger partial charge >= 0.3 is 0 Å². The lowest BCUT2D eigenvalue weighted by atomic mass is 10.1. The number of benzene rings is 1. The van der Waals surface area contributed by atoms with Gasteiger partial charge in [0.05, 0.1) is 6.04 Å². The molecular formula is C15H23ClN2O. The van der Waals surface area contributed by atoms with Gasteiger partial charge < -0.3 is 5.32 Å². The summed E-state index contributed by atoms with van der Waals surface area (Å²) < 4.78 is 0. The van der Waals surface area contributed by atoms with Crippen LogP contribution in [0.5, 0.6) is 0 Å². The SMILES string of the molecule is C[C@H](N[C@H](C)c1ccccc1Cl)C(=O)NC(C)(C)C. The van der Waals surface area contributed by atoms with Crippen LogP contribution in [0.25, 0.3) is 0 Å². The lowest BCUT2D eigenvalue weighted by Gasteiger charge is -2.26. The van der Waals surface area contributed by atoms with Crippen molar-refractivity contribution < 1.29 is 4.79 Å². The third kappa shape index (κ3) is 5.21. The van der Waals surface area contributed by atoms with E-state index >= 15 is 0 Å². The monoisotopic (exact) mass is 282 g/mol. The summed E-state index contributed by atoms with van der Waals surface area (Å²) in [5, 5.41) is 6.93. The Morgan fingerprint density at radius 1 is 1.21 bits per heavy atom. The molecule has 2 N–H and O–H groups in total. The third-order valence-electron chi connectivity index (χ3n) is 2.76. The Balaban J connectivity index is 2.64. The fraction of sp³-hybridized carbons (Fsp3) is 0.533. The molecule has 0 aliphatic heterocycles. The molecule has 106 valence electrons. The lowest BCUT2D eigenvalue weighted by Crippen LogP contribution is -2.50. The molecule has 2 atom stereocenters. The van der Waals surface area contributed by atoms with Gasteiger partial charge in [-0.15, -0.1) is 0 Å². The van der Waals surface area contributed by atoms with Gasteiger partial charge in [0.1, 0.15) is 0 Å².